The molecule has 1 unspecified atom stereocenters. The molecule has 0 aliphatic rings. The van der Waals surface area contributed by atoms with E-state index < -0.39 is 11.6 Å². The SMILES string of the molecule is CNC(=O)c1ccc(C(=O)Nc2ccc(C(C)(F)CNSC(C)C)cc2)nc1. The Labute approximate surface area is 168 Å². The van der Waals surface area contributed by atoms with Gasteiger partial charge in [-0.15, -0.1) is 0 Å². The number of rotatable bonds is 8. The number of halogens is 1. The maximum Gasteiger partial charge on any atom is 0.274 e. The molecular formula is C20H25FN4O2S. The Morgan fingerprint density at radius 2 is 1.82 bits per heavy atom. The number of nitrogens with one attached hydrogen (secondary N) is 3. The molecule has 2 rings (SSSR count). The molecule has 2 amide bonds. The number of hydrogen-bond acceptors (Lipinski definition) is 5. The van der Waals surface area contributed by atoms with Crippen LogP contribution in [-0.2, 0) is 5.67 Å². The van der Waals surface area contributed by atoms with Crippen LogP contribution >= 0.6 is 11.9 Å². The number of carbonyl (C=O) groups is 2. The zero-order valence-electron chi connectivity index (χ0n) is 16.4. The molecule has 0 bridgehead atoms. The molecule has 0 radical (unpaired) electrons. The Morgan fingerprint density at radius 3 is 2.36 bits per heavy atom. The van der Waals surface area contributed by atoms with Gasteiger partial charge in [0.05, 0.1) is 5.56 Å². The van der Waals surface area contributed by atoms with E-state index in [1.165, 1.54) is 44.2 Å². The highest BCUT2D eigenvalue weighted by molar-refractivity contribution is 7.97. The molecule has 1 aromatic heterocycles. The molecule has 28 heavy (non-hydrogen) atoms. The molecular weight excluding hydrogens is 379 g/mol. The number of hydrogen-bond donors (Lipinski definition) is 3. The predicted molar refractivity (Wildman–Crippen MR) is 111 cm³/mol. The average Bonchev–Trinajstić information content (AvgIpc) is 2.67. The van der Waals surface area contributed by atoms with E-state index in [9.17, 15) is 14.0 Å². The van der Waals surface area contributed by atoms with E-state index in [4.69, 9.17) is 0 Å². The summed E-state index contributed by atoms with van der Waals surface area (Å²) >= 11 is 1.49. The van der Waals surface area contributed by atoms with E-state index in [2.05, 4.69) is 20.3 Å². The van der Waals surface area contributed by atoms with Crippen LogP contribution in [-0.4, -0.2) is 35.6 Å². The third-order valence-corrected chi connectivity index (χ3v) is 4.74. The topological polar surface area (TPSA) is 83.1 Å². The van der Waals surface area contributed by atoms with Crippen LogP contribution in [0.5, 0.6) is 0 Å². The minimum absolute atomic E-state index is 0.182. The minimum Gasteiger partial charge on any atom is -0.355 e. The quantitative estimate of drug-likeness (QED) is 0.587. The predicted octanol–water partition coefficient (Wildman–Crippen LogP) is 3.52. The summed E-state index contributed by atoms with van der Waals surface area (Å²) in [4.78, 5) is 27.8. The summed E-state index contributed by atoms with van der Waals surface area (Å²) in [5.41, 5.74) is 0.0836. The molecule has 1 aromatic carbocycles. The summed E-state index contributed by atoms with van der Waals surface area (Å²) in [6.45, 7) is 5.77. The first kappa shape index (κ1) is 21.8. The molecule has 150 valence electrons. The molecule has 0 saturated carbocycles. The normalized spacial score (nSPS) is 13.1. The average molecular weight is 405 g/mol. The second kappa shape index (κ2) is 9.66. The molecule has 6 nitrogen and oxygen atoms in total. The van der Waals surface area contributed by atoms with Crippen LogP contribution in [0.3, 0.4) is 0 Å². The van der Waals surface area contributed by atoms with Crippen LogP contribution in [0.4, 0.5) is 10.1 Å². The van der Waals surface area contributed by atoms with E-state index >= 15 is 0 Å². The third kappa shape index (κ3) is 6.03. The van der Waals surface area contributed by atoms with Gasteiger partial charge >= 0.3 is 0 Å². The molecule has 1 heterocycles. The fourth-order valence-corrected chi connectivity index (χ4v) is 3.04. The van der Waals surface area contributed by atoms with Crippen molar-refractivity contribution in [3.05, 3.63) is 59.4 Å². The molecule has 0 aliphatic heterocycles. The van der Waals surface area contributed by atoms with E-state index in [1.807, 2.05) is 13.8 Å². The van der Waals surface area contributed by atoms with Crippen LogP contribution in [0.2, 0.25) is 0 Å². The first-order valence-electron chi connectivity index (χ1n) is 8.90. The van der Waals surface area contributed by atoms with Crippen LogP contribution in [0.15, 0.2) is 42.6 Å². The van der Waals surface area contributed by atoms with Gasteiger partial charge in [-0.2, -0.15) is 0 Å². The molecule has 0 saturated heterocycles. The van der Waals surface area contributed by atoms with Crippen molar-refractivity contribution in [1.82, 2.24) is 15.0 Å². The lowest BCUT2D eigenvalue weighted by Crippen LogP contribution is -2.29. The Morgan fingerprint density at radius 1 is 1.14 bits per heavy atom. The molecule has 8 heteroatoms. The number of alkyl halides is 1. The maximum atomic E-state index is 14.9. The number of aromatic nitrogens is 1. The van der Waals surface area contributed by atoms with Crippen molar-refractivity contribution in [1.29, 1.82) is 0 Å². The lowest BCUT2D eigenvalue weighted by molar-refractivity contribution is 0.0960. The van der Waals surface area contributed by atoms with Gasteiger partial charge in [0.15, 0.2) is 0 Å². The molecule has 0 aliphatic carbocycles. The molecule has 0 spiro atoms. The second-order valence-corrected chi connectivity index (χ2v) is 8.20. The highest BCUT2D eigenvalue weighted by Gasteiger charge is 2.25. The Bertz CT molecular complexity index is 808. The molecule has 2 aromatic rings. The third-order valence-electron chi connectivity index (χ3n) is 3.95. The number of pyridine rings is 1. The minimum atomic E-state index is -1.53. The van der Waals surface area contributed by atoms with Crippen molar-refractivity contribution >= 4 is 29.4 Å². The monoisotopic (exact) mass is 404 g/mol. The summed E-state index contributed by atoms with van der Waals surface area (Å²) in [6, 6.07) is 9.61. The van der Waals surface area contributed by atoms with E-state index in [0.29, 0.717) is 22.1 Å². The van der Waals surface area contributed by atoms with Gasteiger partial charge in [0.2, 0.25) is 0 Å². The lowest BCUT2D eigenvalue weighted by atomic mass is 9.98. The van der Waals surface area contributed by atoms with Gasteiger partial charge in [0.25, 0.3) is 11.8 Å². The number of carbonyl (C=O) groups excluding carboxylic acids is 2. The number of amides is 2. The second-order valence-electron chi connectivity index (χ2n) is 6.73. The number of benzene rings is 1. The zero-order chi connectivity index (χ0) is 20.7. The van der Waals surface area contributed by atoms with Crippen LogP contribution in [0.25, 0.3) is 0 Å². The Hall–Kier alpha value is -2.45. The lowest BCUT2D eigenvalue weighted by Gasteiger charge is -2.22. The molecule has 0 fully saturated rings. The van der Waals surface area contributed by atoms with Gasteiger partial charge in [-0.3, -0.25) is 19.3 Å². The highest BCUT2D eigenvalue weighted by Crippen LogP contribution is 2.27. The van der Waals surface area contributed by atoms with Gasteiger partial charge in [-0.1, -0.05) is 37.9 Å². The largest absolute Gasteiger partial charge is 0.355 e. The van der Waals surface area contributed by atoms with Crippen molar-refractivity contribution in [2.45, 2.75) is 31.7 Å². The van der Waals surface area contributed by atoms with Crippen molar-refractivity contribution < 1.29 is 14.0 Å². The van der Waals surface area contributed by atoms with Crippen molar-refractivity contribution in [2.75, 3.05) is 18.9 Å². The summed E-state index contributed by atoms with van der Waals surface area (Å²) in [5, 5.41) is 5.57. The standard InChI is InChI=1S/C20H25FN4O2S/c1-13(2)28-24-12-20(3,21)15-6-8-16(9-7-15)25-19(27)17-10-5-14(11-23-17)18(26)22-4/h5-11,13,24H,12H2,1-4H3,(H,22,26)(H,25,27). The van der Waals surface area contributed by atoms with E-state index in [1.54, 1.807) is 24.3 Å². The fourth-order valence-electron chi connectivity index (χ4n) is 2.35. The Kier molecular flexibility index (Phi) is 7.53. The first-order chi connectivity index (χ1) is 13.2. The van der Waals surface area contributed by atoms with Crippen molar-refractivity contribution in [3.63, 3.8) is 0 Å². The van der Waals surface area contributed by atoms with Crippen molar-refractivity contribution in [2.24, 2.45) is 0 Å². The summed E-state index contributed by atoms with van der Waals surface area (Å²) in [5.74, 6) is -0.681. The summed E-state index contributed by atoms with van der Waals surface area (Å²) in [7, 11) is 1.52. The van der Waals surface area contributed by atoms with Crippen LogP contribution in [0, 0.1) is 0 Å². The highest BCUT2D eigenvalue weighted by atomic mass is 32.2. The summed E-state index contributed by atoms with van der Waals surface area (Å²) < 4.78 is 17.9. The van der Waals surface area contributed by atoms with E-state index in [-0.39, 0.29) is 18.1 Å². The van der Waals surface area contributed by atoms with Gasteiger partial charge < -0.3 is 10.6 Å². The van der Waals surface area contributed by atoms with Crippen LogP contribution < -0.4 is 15.4 Å². The number of anilines is 1. The zero-order valence-corrected chi connectivity index (χ0v) is 17.2. The van der Waals surface area contributed by atoms with Gasteiger partial charge in [-0.05, 0) is 36.8 Å². The fraction of sp³-hybridized carbons (Fsp3) is 0.350. The van der Waals surface area contributed by atoms with Crippen molar-refractivity contribution in [3.8, 4) is 0 Å². The smallest absolute Gasteiger partial charge is 0.274 e. The van der Waals surface area contributed by atoms with Crippen LogP contribution in [0.1, 0.15) is 47.2 Å². The first-order valence-corrected chi connectivity index (χ1v) is 9.78. The number of nitrogens with zero attached hydrogens (tertiary/aromatic N) is 1. The maximum absolute atomic E-state index is 14.9. The Balaban J connectivity index is 1.99. The molecule has 1 atom stereocenters. The van der Waals surface area contributed by atoms with Gasteiger partial charge in [0, 0.05) is 30.7 Å². The summed E-state index contributed by atoms with van der Waals surface area (Å²) in [6.07, 6.45) is 1.34. The molecule has 3 N–H and O–H groups in total. The van der Waals surface area contributed by atoms with Gasteiger partial charge in [0.1, 0.15) is 11.4 Å². The van der Waals surface area contributed by atoms with Gasteiger partial charge in [-0.25, -0.2) is 4.39 Å². The van der Waals surface area contributed by atoms with E-state index in [0.717, 1.165) is 0 Å².